The Morgan fingerprint density at radius 3 is 2.89 bits per heavy atom. The van der Waals surface area contributed by atoms with Gasteiger partial charge < -0.3 is 4.74 Å². The summed E-state index contributed by atoms with van der Waals surface area (Å²) in [6.07, 6.45) is 1.05. The number of nitrogens with zero attached hydrogens (tertiary/aromatic N) is 1. The molecule has 0 aromatic carbocycles. The third kappa shape index (κ3) is 1.52. The molecular weight excluding hydrogens is 114 g/mol. The molecule has 2 atom stereocenters. The van der Waals surface area contributed by atoms with Crippen molar-refractivity contribution in [2.75, 3.05) is 13.2 Å². The summed E-state index contributed by atoms with van der Waals surface area (Å²) >= 11 is 0. The Labute approximate surface area is 55.9 Å². The predicted molar refractivity (Wildman–Crippen MR) is 37.9 cm³/mol. The lowest BCUT2D eigenvalue weighted by molar-refractivity contribution is 0.0499. The summed E-state index contributed by atoms with van der Waals surface area (Å²) in [6, 6.07) is 0.443. The smallest absolute Gasteiger partial charge is 0.0561 e. The second-order valence-corrected chi connectivity index (χ2v) is 2.59. The highest BCUT2D eigenvalue weighted by molar-refractivity contribution is 5.24. The lowest BCUT2D eigenvalue weighted by Crippen LogP contribution is -2.27. The van der Waals surface area contributed by atoms with Crippen molar-refractivity contribution in [3.8, 4) is 0 Å². The molecule has 0 aromatic heterocycles. The molecule has 1 fully saturated rings. The quantitative estimate of drug-likeness (QED) is 0.483. The molecule has 0 bridgehead atoms. The van der Waals surface area contributed by atoms with Gasteiger partial charge in [-0.1, -0.05) is 6.92 Å². The van der Waals surface area contributed by atoms with Crippen LogP contribution in [0.1, 0.15) is 13.3 Å². The van der Waals surface area contributed by atoms with E-state index in [1.165, 1.54) is 0 Å². The number of hydrogen-bond acceptors (Lipinski definition) is 2. The van der Waals surface area contributed by atoms with Crippen LogP contribution in [0.3, 0.4) is 0 Å². The van der Waals surface area contributed by atoms with Gasteiger partial charge in [0.05, 0.1) is 12.6 Å². The van der Waals surface area contributed by atoms with Gasteiger partial charge in [0.25, 0.3) is 0 Å². The summed E-state index contributed by atoms with van der Waals surface area (Å²) in [7, 11) is 0. The fraction of sp³-hybridized carbons (Fsp3) is 0.857. The van der Waals surface area contributed by atoms with Gasteiger partial charge >= 0.3 is 0 Å². The van der Waals surface area contributed by atoms with Crippen LogP contribution < -0.4 is 0 Å². The first-order valence-electron chi connectivity index (χ1n) is 3.38. The number of rotatable bonds is 1. The Balaban J connectivity index is 2.38. The van der Waals surface area contributed by atoms with Gasteiger partial charge in [0, 0.05) is 12.5 Å². The van der Waals surface area contributed by atoms with Gasteiger partial charge in [-0.2, -0.15) is 0 Å². The number of hydrogen-bond donors (Lipinski definition) is 0. The van der Waals surface area contributed by atoms with E-state index in [1.807, 2.05) is 0 Å². The van der Waals surface area contributed by atoms with Gasteiger partial charge in [0.15, 0.2) is 0 Å². The molecule has 0 amide bonds. The van der Waals surface area contributed by atoms with Gasteiger partial charge in [-0.05, 0) is 13.1 Å². The average molecular weight is 127 g/mol. The van der Waals surface area contributed by atoms with Crippen LogP contribution >= 0.6 is 0 Å². The summed E-state index contributed by atoms with van der Waals surface area (Å²) in [5.41, 5.74) is 0. The molecule has 1 rings (SSSR count). The third-order valence-electron chi connectivity index (χ3n) is 1.83. The summed E-state index contributed by atoms with van der Waals surface area (Å²) in [5.74, 6) is 0.566. The zero-order valence-electron chi connectivity index (χ0n) is 5.84. The van der Waals surface area contributed by atoms with Crippen LogP contribution in [-0.2, 0) is 4.74 Å². The van der Waals surface area contributed by atoms with Gasteiger partial charge in [-0.3, -0.25) is 4.99 Å². The molecule has 0 spiro atoms. The molecule has 0 aromatic rings. The molecule has 0 radical (unpaired) electrons. The van der Waals surface area contributed by atoms with E-state index in [2.05, 4.69) is 18.6 Å². The molecule has 2 heteroatoms. The monoisotopic (exact) mass is 127 g/mol. The van der Waals surface area contributed by atoms with Crippen molar-refractivity contribution in [3.05, 3.63) is 0 Å². The van der Waals surface area contributed by atoms with Crippen molar-refractivity contribution < 1.29 is 4.74 Å². The Kier molecular flexibility index (Phi) is 2.22. The minimum Gasteiger partial charge on any atom is -0.381 e. The largest absolute Gasteiger partial charge is 0.381 e. The molecule has 52 valence electrons. The Hall–Kier alpha value is -0.370. The van der Waals surface area contributed by atoms with Gasteiger partial charge in [-0.15, -0.1) is 0 Å². The molecule has 1 heterocycles. The zero-order chi connectivity index (χ0) is 6.69. The van der Waals surface area contributed by atoms with Crippen LogP contribution in [0.5, 0.6) is 0 Å². The Morgan fingerprint density at radius 1 is 1.67 bits per heavy atom. The predicted octanol–water partition coefficient (Wildman–Crippen LogP) is 1.11. The molecular formula is C7H13NO. The van der Waals surface area contributed by atoms with E-state index in [0.29, 0.717) is 12.0 Å². The highest BCUT2D eigenvalue weighted by Crippen LogP contribution is 2.16. The molecule has 0 N–H and O–H groups in total. The maximum absolute atomic E-state index is 5.23. The summed E-state index contributed by atoms with van der Waals surface area (Å²) < 4.78 is 5.23. The fourth-order valence-corrected chi connectivity index (χ4v) is 1.14. The van der Waals surface area contributed by atoms with Crippen LogP contribution in [0.25, 0.3) is 0 Å². The van der Waals surface area contributed by atoms with E-state index in [-0.39, 0.29) is 0 Å². The van der Waals surface area contributed by atoms with Crippen LogP contribution in [0.4, 0.5) is 0 Å². The summed E-state index contributed by atoms with van der Waals surface area (Å²) in [5, 5.41) is 0. The van der Waals surface area contributed by atoms with Crippen LogP contribution in [0, 0.1) is 5.92 Å². The van der Waals surface area contributed by atoms with E-state index < -0.39 is 0 Å². The van der Waals surface area contributed by atoms with Crippen molar-refractivity contribution in [2.45, 2.75) is 19.4 Å². The van der Waals surface area contributed by atoms with Gasteiger partial charge in [0.2, 0.25) is 0 Å². The van der Waals surface area contributed by atoms with Crippen molar-refractivity contribution in [2.24, 2.45) is 10.9 Å². The van der Waals surface area contributed by atoms with Crippen molar-refractivity contribution in [1.82, 2.24) is 0 Å². The molecule has 1 aliphatic rings. The maximum atomic E-state index is 5.23. The normalized spacial score (nSPS) is 36.1. The third-order valence-corrected chi connectivity index (χ3v) is 1.83. The molecule has 2 nitrogen and oxygen atoms in total. The van der Waals surface area contributed by atoms with Crippen LogP contribution in [0.15, 0.2) is 4.99 Å². The first kappa shape index (κ1) is 6.75. The van der Waals surface area contributed by atoms with E-state index in [4.69, 9.17) is 4.74 Å². The molecule has 0 aliphatic carbocycles. The lowest BCUT2D eigenvalue weighted by Gasteiger charge is -2.24. The van der Waals surface area contributed by atoms with Crippen molar-refractivity contribution in [1.29, 1.82) is 0 Å². The first-order chi connectivity index (χ1) is 4.34. The van der Waals surface area contributed by atoms with E-state index in [9.17, 15) is 0 Å². The molecule has 9 heavy (non-hydrogen) atoms. The minimum absolute atomic E-state index is 0.443. The standard InChI is InChI=1S/C7H13NO/c1-6-5-9-4-3-7(6)8-2/h6-7H,2-5H2,1H3. The SMILES string of the molecule is C=NC1CCOCC1C. The van der Waals surface area contributed by atoms with E-state index >= 15 is 0 Å². The average Bonchev–Trinajstić information content (AvgIpc) is 1.89. The fourth-order valence-electron chi connectivity index (χ4n) is 1.14. The minimum atomic E-state index is 0.443. The zero-order valence-corrected chi connectivity index (χ0v) is 5.84. The summed E-state index contributed by atoms with van der Waals surface area (Å²) in [4.78, 5) is 4.00. The van der Waals surface area contributed by atoms with Crippen molar-refractivity contribution in [3.63, 3.8) is 0 Å². The number of ether oxygens (including phenoxy) is 1. The summed E-state index contributed by atoms with van der Waals surface area (Å²) in [6.45, 7) is 7.39. The molecule has 1 saturated heterocycles. The van der Waals surface area contributed by atoms with Crippen LogP contribution in [-0.4, -0.2) is 26.0 Å². The first-order valence-corrected chi connectivity index (χ1v) is 3.38. The highest BCUT2D eigenvalue weighted by atomic mass is 16.5. The van der Waals surface area contributed by atoms with Crippen molar-refractivity contribution >= 4 is 6.72 Å². The topological polar surface area (TPSA) is 21.6 Å². The molecule has 1 aliphatic heterocycles. The Bertz CT molecular complexity index is 103. The molecule has 0 saturated carbocycles. The molecule has 2 unspecified atom stereocenters. The van der Waals surface area contributed by atoms with Crippen LogP contribution in [0.2, 0.25) is 0 Å². The second-order valence-electron chi connectivity index (χ2n) is 2.59. The van der Waals surface area contributed by atoms with E-state index in [1.54, 1.807) is 0 Å². The van der Waals surface area contributed by atoms with E-state index in [0.717, 1.165) is 19.6 Å². The van der Waals surface area contributed by atoms with Gasteiger partial charge in [-0.25, -0.2) is 0 Å². The second kappa shape index (κ2) is 2.97. The maximum Gasteiger partial charge on any atom is 0.0561 e. The number of aliphatic imine (C=N–C) groups is 1. The van der Waals surface area contributed by atoms with Gasteiger partial charge in [0.1, 0.15) is 0 Å². The Morgan fingerprint density at radius 2 is 2.44 bits per heavy atom. The highest BCUT2D eigenvalue weighted by Gasteiger charge is 2.19. The lowest BCUT2D eigenvalue weighted by atomic mass is 9.99.